The average molecular weight is 436 g/mol. The van der Waals surface area contributed by atoms with Crippen molar-refractivity contribution in [2.75, 3.05) is 26.3 Å². The lowest BCUT2D eigenvalue weighted by Gasteiger charge is -2.25. The maximum absolute atomic E-state index is 14.3. The van der Waals surface area contributed by atoms with Gasteiger partial charge in [0.1, 0.15) is 6.33 Å². The van der Waals surface area contributed by atoms with Crippen LogP contribution >= 0.6 is 0 Å². The van der Waals surface area contributed by atoms with Gasteiger partial charge in [-0.1, -0.05) is 13.3 Å². The van der Waals surface area contributed by atoms with Crippen LogP contribution in [0.2, 0.25) is 0 Å². The summed E-state index contributed by atoms with van der Waals surface area (Å²) in [5, 5.41) is 8.94. The minimum absolute atomic E-state index is 0.181. The van der Waals surface area contributed by atoms with E-state index in [4.69, 9.17) is 9.72 Å². The first-order valence-corrected chi connectivity index (χ1v) is 10.9. The molecule has 1 fully saturated rings. The number of morpholine rings is 1. The second-order valence-electron chi connectivity index (χ2n) is 7.82. The van der Waals surface area contributed by atoms with Gasteiger partial charge < -0.3 is 4.74 Å². The van der Waals surface area contributed by atoms with Crippen LogP contribution in [-0.4, -0.2) is 65.5 Å². The Morgan fingerprint density at radius 3 is 2.81 bits per heavy atom. The lowest BCUT2D eigenvalue weighted by atomic mass is 10.1. The summed E-state index contributed by atoms with van der Waals surface area (Å²) in [7, 11) is 0. The van der Waals surface area contributed by atoms with Crippen LogP contribution < -0.4 is 0 Å². The van der Waals surface area contributed by atoms with Gasteiger partial charge in [-0.25, -0.2) is 28.5 Å². The Morgan fingerprint density at radius 2 is 2.00 bits per heavy atom. The van der Waals surface area contributed by atoms with Gasteiger partial charge in [0.2, 0.25) is 0 Å². The number of aromatic nitrogens is 7. The van der Waals surface area contributed by atoms with Crippen LogP contribution in [0.1, 0.15) is 36.1 Å². The number of ether oxygens (including phenoxy) is 1. The zero-order valence-corrected chi connectivity index (χ0v) is 18.0. The van der Waals surface area contributed by atoms with E-state index in [-0.39, 0.29) is 5.82 Å². The lowest BCUT2D eigenvalue weighted by Crippen LogP contribution is -2.35. The number of halogens is 1. The van der Waals surface area contributed by atoms with Gasteiger partial charge in [0, 0.05) is 37.5 Å². The number of hydrogen-bond donors (Lipinski definition) is 0. The molecule has 0 amide bonds. The van der Waals surface area contributed by atoms with Crippen molar-refractivity contribution in [2.45, 2.75) is 32.7 Å². The van der Waals surface area contributed by atoms with Gasteiger partial charge in [-0.15, -0.1) is 5.10 Å². The topological polar surface area (TPSA) is 86.3 Å². The Balaban J connectivity index is 1.47. The standard InChI is InChI=1S/C22H25FN8O/c1-2-4-17-19(13-16-6-8-26-31(16)22-18(23)5-3-7-24-22)25-15-30-21(17)27-20(28-30)14-29-9-11-32-12-10-29/h3,5-8,15H,2,4,9-14H2,1H3. The van der Waals surface area contributed by atoms with Crippen LogP contribution in [0.5, 0.6) is 0 Å². The largest absolute Gasteiger partial charge is 0.379 e. The first kappa shape index (κ1) is 20.7. The van der Waals surface area contributed by atoms with Gasteiger partial charge in [-0.05, 0) is 24.6 Å². The van der Waals surface area contributed by atoms with Gasteiger partial charge in [-0.2, -0.15) is 5.10 Å². The fourth-order valence-electron chi connectivity index (χ4n) is 4.03. The number of pyridine rings is 1. The van der Waals surface area contributed by atoms with Crippen molar-refractivity contribution in [1.29, 1.82) is 0 Å². The maximum Gasteiger partial charge on any atom is 0.189 e. The first-order chi connectivity index (χ1) is 15.7. The molecular formula is C22H25FN8O. The highest BCUT2D eigenvalue weighted by atomic mass is 19.1. The molecule has 0 N–H and O–H groups in total. The van der Waals surface area contributed by atoms with Crippen LogP contribution in [0.3, 0.4) is 0 Å². The molecule has 4 aromatic rings. The van der Waals surface area contributed by atoms with E-state index < -0.39 is 5.82 Å². The third kappa shape index (κ3) is 4.11. The Hall–Kier alpha value is -3.24. The number of fused-ring (bicyclic) bond motifs is 1. The summed E-state index contributed by atoms with van der Waals surface area (Å²) in [4.78, 5) is 16.0. The molecule has 166 valence electrons. The normalized spacial score (nSPS) is 14.9. The molecular weight excluding hydrogens is 411 g/mol. The molecule has 0 saturated carbocycles. The zero-order valence-electron chi connectivity index (χ0n) is 18.0. The monoisotopic (exact) mass is 436 g/mol. The fourth-order valence-corrected chi connectivity index (χ4v) is 4.03. The van der Waals surface area contributed by atoms with Crippen LogP contribution in [0.25, 0.3) is 11.5 Å². The van der Waals surface area contributed by atoms with Crippen LogP contribution in [-0.2, 0) is 24.1 Å². The molecule has 0 spiro atoms. The van der Waals surface area contributed by atoms with Crippen LogP contribution in [0.4, 0.5) is 4.39 Å². The summed E-state index contributed by atoms with van der Waals surface area (Å²) < 4.78 is 23.0. The van der Waals surface area contributed by atoms with E-state index in [0.29, 0.717) is 13.0 Å². The first-order valence-electron chi connectivity index (χ1n) is 10.9. The molecule has 0 bridgehead atoms. The molecule has 5 heterocycles. The van der Waals surface area contributed by atoms with Crippen LogP contribution in [0, 0.1) is 5.82 Å². The van der Waals surface area contributed by atoms with Crippen molar-refractivity contribution in [3.63, 3.8) is 0 Å². The molecule has 32 heavy (non-hydrogen) atoms. The Labute approximate surface area is 184 Å². The van der Waals surface area contributed by atoms with Gasteiger partial charge in [0.15, 0.2) is 23.1 Å². The van der Waals surface area contributed by atoms with Crippen molar-refractivity contribution < 1.29 is 9.13 Å². The zero-order chi connectivity index (χ0) is 21.9. The maximum atomic E-state index is 14.3. The van der Waals surface area contributed by atoms with E-state index >= 15 is 0 Å². The minimum atomic E-state index is -0.417. The fraction of sp³-hybridized carbons (Fsp3) is 0.409. The minimum Gasteiger partial charge on any atom is -0.379 e. The molecule has 10 heteroatoms. The van der Waals surface area contributed by atoms with E-state index in [1.165, 1.54) is 10.7 Å². The van der Waals surface area contributed by atoms with Crippen LogP contribution in [0.15, 0.2) is 36.9 Å². The Kier molecular flexibility index (Phi) is 5.87. The Morgan fingerprint density at radius 1 is 1.12 bits per heavy atom. The molecule has 4 aromatic heterocycles. The molecule has 0 radical (unpaired) electrons. The lowest BCUT2D eigenvalue weighted by molar-refractivity contribution is 0.0331. The second-order valence-corrected chi connectivity index (χ2v) is 7.82. The van der Waals surface area contributed by atoms with E-state index in [1.807, 2.05) is 6.07 Å². The summed E-state index contributed by atoms with van der Waals surface area (Å²) in [6, 6.07) is 4.81. The average Bonchev–Trinajstić information content (AvgIpc) is 3.43. The summed E-state index contributed by atoms with van der Waals surface area (Å²) in [5.41, 5.74) is 3.59. The molecule has 5 rings (SSSR count). The molecule has 1 aliphatic rings. The highest BCUT2D eigenvalue weighted by Gasteiger charge is 2.19. The molecule has 0 unspecified atom stereocenters. The smallest absolute Gasteiger partial charge is 0.189 e. The molecule has 0 atom stereocenters. The predicted molar refractivity (Wildman–Crippen MR) is 115 cm³/mol. The summed E-state index contributed by atoms with van der Waals surface area (Å²) in [5.74, 6) is 0.546. The highest BCUT2D eigenvalue weighted by molar-refractivity contribution is 5.50. The van der Waals surface area contributed by atoms with E-state index in [2.05, 4.69) is 32.0 Å². The van der Waals surface area contributed by atoms with E-state index in [9.17, 15) is 4.39 Å². The summed E-state index contributed by atoms with van der Waals surface area (Å²) in [6.07, 6.45) is 7.19. The number of rotatable bonds is 7. The molecule has 0 aromatic carbocycles. The van der Waals surface area contributed by atoms with E-state index in [0.717, 1.165) is 67.6 Å². The number of aryl methyl sites for hydroxylation is 1. The SMILES string of the molecule is CCCc1c(Cc2ccnn2-c2ncccc2F)ncn2nc(CN3CCOCC3)nc12. The number of hydrogen-bond acceptors (Lipinski definition) is 7. The van der Waals surface area contributed by atoms with Crippen molar-refractivity contribution in [3.05, 3.63) is 65.5 Å². The molecule has 9 nitrogen and oxygen atoms in total. The molecule has 1 saturated heterocycles. The summed E-state index contributed by atoms with van der Waals surface area (Å²) in [6.45, 7) is 6.07. The van der Waals surface area contributed by atoms with Crippen molar-refractivity contribution in [2.24, 2.45) is 0 Å². The van der Waals surface area contributed by atoms with Gasteiger partial charge >= 0.3 is 0 Å². The third-order valence-electron chi connectivity index (χ3n) is 5.59. The van der Waals surface area contributed by atoms with Crippen molar-refractivity contribution in [3.8, 4) is 5.82 Å². The third-order valence-corrected chi connectivity index (χ3v) is 5.59. The van der Waals surface area contributed by atoms with Crippen molar-refractivity contribution in [1.82, 2.24) is 39.2 Å². The van der Waals surface area contributed by atoms with Gasteiger partial charge in [0.05, 0.1) is 31.1 Å². The second kappa shape index (κ2) is 9.09. The molecule has 0 aliphatic carbocycles. The number of nitrogens with zero attached hydrogens (tertiary/aromatic N) is 8. The Bertz CT molecular complexity index is 1210. The quantitative estimate of drug-likeness (QED) is 0.439. The highest BCUT2D eigenvalue weighted by Crippen LogP contribution is 2.20. The van der Waals surface area contributed by atoms with Gasteiger partial charge in [0.25, 0.3) is 0 Å². The van der Waals surface area contributed by atoms with Crippen molar-refractivity contribution >= 4 is 5.65 Å². The van der Waals surface area contributed by atoms with E-state index in [1.54, 1.807) is 29.3 Å². The predicted octanol–water partition coefficient (Wildman–Crippen LogP) is 2.22. The molecule has 1 aliphatic heterocycles. The summed E-state index contributed by atoms with van der Waals surface area (Å²) >= 11 is 0. The van der Waals surface area contributed by atoms with Gasteiger partial charge in [-0.3, -0.25) is 4.90 Å².